The lowest BCUT2D eigenvalue weighted by Gasteiger charge is -2.25. The van der Waals surface area contributed by atoms with Crippen LogP contribution in [0, 0.1) is 0 Å². The smallest absolute Gasteiger partial charge is 0.387 e. The molecular formula is C20H31BN10O21P5-. The number of anilines is 2. The zero-order chi connectivity index (χ0) is 41.9. The maximum absolute atomic E-state index is 13.0. The first-order valence-corrected chi connectivity index (χ1v) is 21.9. The van der Waals surface area contributed by atoms with Gasteiger partial charge >= 0.3 is 31.3 Å². The van der Waals surface area contributed by atoms with E-state index in [1.54, 1.807) is 0 Å². The minimum absolute atomic E-state index is 0.00282. The predicted molar refractivity (Wildman–Crippen MR) is 184 cm³/mol. The Morgan fingerprint density at radius 2 is 0.982 bits per heavy atom. The van der Waals surface area contributed by atoms with Crippen molar-refractivity contribution in [3.63, 3.8) is 0 Å². The third-order valence-electron chi connectivity index (χ3n) is 7.53. The second kappa shape index (κ2) is 16.0. The highest BCUT2D eigenvalue weighted by atomic mass is 31.3. The van der Waals surface area contributed by atoms with E-state index >= 15 is 0 Å². The van der Waals surface area contributed by atoms with E-state index in [0.29, 0.717) is 0 Å². The van der Waals surface area contributed by atoms with Crippen molar-refractivity contribution < 1.29 is 98.6 Å². The number of fused-ring (bicyclic) bond motifs is 2. The van der Waals surface area contributed by atoms with Gasteiger partial charge in [0.2, 0.25) is 0 Å². The molecule has 2 aliphatic heterocycles. The number of nitrogens with two attached hydrogens (primary N) is 2. The van der Waals surface area contributed by atoms with Crippen LogP contribution in [0.1, 0.15) is 12.5 Å². The molecule has 31 nitrogen and oxygen atoms in total. The zero-order valence-corrected chi connectivity index (χ0v) is 31.7. The van der Waals surface area contributed by atoms with Crippen molar-refractivity contribution >= 4 is 80.3 Å². The van der Waals surface area contributed by atoms with Crippen LogP contribution in [0.4, 0.5) is 11.6 Å². The van der Waals surface area contributed by atoms with Crippen molar-refractivity contribution in [2.45, 2.75) is 49.1 Å². The first kappa shape index (κ1) is 43.8. The summed E-state index contributed by atoms with van der Waals surface area (Å²) < 4.78 is 102. The van der Waals surface area contributed by atoms with Gasteiger partial charge in [0.05, 0.1) is 33.4 Å². The fraction of sp³-hybridized carbons (Fsp3) is 0.500. The molecule has 2 saturated heterocycles. The number of rotatable bonds is 16. The molecule has 12 N–H and O–H groups in total. The van der Waals surface area contributed by atoms with Crippen molar-refractivity contribution in [1.29, 1.82) is 0 Å². The van der Waals surface area contributed by atoms with Gasteiger partial charge in [-0.2, -0.15) is 12.9 Å². The molecule has 0 aliphatic carbocycles. The van der Waals surface area contributed by atoms with Crippen LogP contribution in [0.15, 0.2) is 25.3 Å². The van der Waals surface area contributed by atoms with Crippen molar-refractivity contribution in [2.75, 3.05) is 24.7 Å². The highest BCUT2D eigenvalue weighted by Crippen LogP contribution is 2.73. The van der Waals surface area contributed by atoms with E-state index in [9.17, 15) is 62.8 Å². The minimum atomic E-state index is -6.31. The van der Waals surface area contributed by atoms with Gasteiger partial charge in [-0.15, -0.1) is 0 Å². The molecule has 37 heteroatoms. The van der Waals surface area contributed by atoms with Gasteiger partial charge in [-0.25, -0.2) is 52.5 Å². The van der Waals surface area contributed by atoms with E-state index in [1.807, 2.05) is 0 Å². The van der Waals surface area contributed by atoms with Crippen molar-refractivity contribution in [2.24, 2.45) is 0 Å². The average molecular weight is 913 g/mol. The minimum Gasteiger partial charge on any atom is -0.387 e. The summed E-state index contributed by atoms with van der Waals surface area (Å²) in [7, 11) is -30.8. The molecule has 0 saturated carbocycles. The summed E-state index contributed by atoms with van der Waals surface area (Å²) in [6.07, 6.45) is -8.26. The first-order chi connectivity index (χ1) is 26.4. The molecule has 0 bridgehead atoms. The fourth-order valence-corrected chi connectivity index (χ4v) is 11.1. The standard InChI is InChI=1S/C20H31BN10O21P5/c21-53(36,45-1-7-11(32)13(34)19(47-7)30-5-28-9-15(22)24-3-26-17(9)30)49-55(39,40)51-57(43,44)52-56(41,42)50-54(37,38)46-2-8-12(33)14(35)20(48-8)31-6-29-10-16(23)25-4-27-18(10)31/h3-8,11-14,19-20,32-35H,1-2H2,21H3,(H,37,38)(H,39,40)(H,41,42)(H,43,44)(H2,22,24,26)(H2,23,25,27)/q-1/t7-,8-,11-,12-,13-,14-,19-,20-,53?/m1/s1. The summed E-state index contributed by atoms with van der Waals surface area (Å²) >= 11 is 0. The monoisotopic (exact) mass is 913 g/mol. The number of aromatic nitrogens is 8. The highest BCUT2D eigenvalue weighted by molar-refractivity contribution is 7.84. The summed E-state index contributed by atoms with van der Waals surface area (Å²) in [6, 6.07) is 0. The Morgan fingerprint density at radius 3 is 1.42 bits per heavy atom. The highest BCUT2D eigenvalue weighted by Gasteiger charge is 2.50. The third-order valence-corrected chi connectivity index (χ3v) is 14.7. The molecular weight excluding hydrogens is 882 g/mol. The molecule has 2 aliphatic rings. The van der Waals surface area contributed by atoms with Crippen LogP contribution in [-0.2, 0) is 58.6 Å². The van der Waals surface area contributed by atoms with Crippen LogP contribution in [-0.4, -0.2) is 136 Å². The number of aliphatic hydroxyl groups excluding tert-OH is 4. The van der Waals surface area contributed by atoms with E-state index < -0.39 is 109 Å². The van der Waals surface area contributed by atoms with E-state index in [1.165, 1.54) is 10.9 Å². The molecule has 57 heavy (non-hydrogen) atoms. The zero-order valence-electron chi connectivity index (χ0n) is 27.2. The SMILES string of the molecule is [BH3-]P(=O)(OC[C@H]1O[C@@H](n2cnc3c(N)ncnc32)[C@H](O)[C@@H]1O)OP(=O)(O)OP(=O)(O)OP(=O)(O)OP(=O)(O)OC[C@H]1O[C@@H](n2cnc3c(N)ncnc32)[C@H](O)[C@@H]1O. The molecule has 0 spiro atoms. The van der Waals surface area contributed by atoms with Crippen LogP contribution in [0.5, 0.6) is 0 Å². The molecule has 2 fully saturated rings. The lowest BCUT2D eigenvalue weighted by atomic mass is 10.1. The Hall–Kier alpha value is -2.73. The summed E-state index contributed by atoms with van der Waals surface area (Å²) in [5.41, 5.74) is 11.9. The Kier molecular flexibility index (Phi) is 12.3. The molecule has 5 unspecified atom stereocenters. The van der Waals surface area contributed by atoms with Gasteiger partial charge in [0.25, 0.3) is 0 Å². The predicted octanol–water partition coefficient (Wildman–Crippen LogP) is -2.96. The van der Waals surface area contributed by atoms with Gasteiger partial charge in [-0.1, -0.05) is 0 Å². The van der Waals surface area contributed by atoms with Crippen molar-refractivity contribution in [3.05, 3.63) is 25.3 Å². The molecule has 316 valence electrons. The Bertz CT molecular complexity index is 2230. The van der Waals surface area contributed by atoms with Crippen LogP contribution in [0.3, 0.4) is 0 Å². The van der Waals surface area contributed by atoms with E-state index in [-0.39, 0.29) is 34.0 Å². The largest absolute Gasteiger partial charge is 0.490 e. The molecule has 6 heterocycles. The molecule has 0 radical (unpaired) electrons. The van der Waals surface area contributed by atoms with Crippen molar-refractivity contribution in [3.8, 4) is 0 Å². The van der Waals surface area contributed by atoms with Gasteiger partial charge in [-0.05, 0) is 0 Å². The molecule has 0 aromatic carbocycles. The number of ether oxygens (including phenoxy) is 2. The van der Waals surface area contributed by atoms with Crippen LogP contribution in [0.25, 0.3) is 22.3 Å². The molecule has 13 atom stereocenters. The number of hydrogen-bond acceptors (Lipinski definition) is 25. The number of nitrogens with zero attached hydrogens (tertiary/aromatic N) is 8. The fourth-order valence-electron chi connectivity index (χ4n) is 5.18. The maximum atomic E-state index is 13.0. The summed E-state index contributed by atoms with van der Waals surface area (Å²) in [4.78, 5) is 63.3. The molecule has 0 amide bonds. The Balaban J connectivity index is 1.00. The summed E-state index contributed by atoms with van der Waals surface area (Å²) in [6.45, 7) is -1.99. The topological polar surface area (TPSA) is 460 Å². The summed E-state index contributed by atoms with van der Waals surface area (Å²) in [5, 5.41) is 42.0. The van der Waals surface area contributed by atoms with Gasteiger partial charge in [0, 0.05) is 0 Å². The van der Waals surface area contributed by atoms with E-state index in [0.717, 1.165) is 23.5 Å². The van der Waals surface area contributed by atoms with E-state index in [4.69, 9.17) is 25.5 Å². The lowest BCUT2D eigenvalue weighted by Crippen LogP contribution is -2.33. The Morgan fingerprint density at radius 1 is 0.596 bits per heavy atom. The summed E-state index contributed by atoms with van der Waals surface area (Å²) in [5.74, 6) is -0.0218. The van der Waals surface area contributed by atoms with E-state index in [2.05, 4.69) is 51.7 Å². The lowest BCUT2D eigenvalue weighted by molar-refractivity contribution is -0.0503. The number of hydrogen-bond donors (Lipinski definition) is 10. The second-order valence-corrected chi connectivity index (χ2v) is 18.6. The Labute approximate surface area is 316 Å². The van der Waals surface area contributed by atoms with Gasteiger partial charge in [0.15, 0.2) is 42.9 Å². The molecule has 4 aromatic rings. The molecule has 6 rings (SSSR count). The van der Waals surface area contributed by atoms with Gasteiger partial charge < -0.3 is 70.0 Å². The van der Waals surface area contributed by atoms with Crippen molar-refractivity contribution in [1.82, 2.24) is 39.0 Å². The number of aliphatic hydroxyl groups is 4. The van der Waals surface area contributed by atoms with Crippen LogP contribution < -0.4 is 11.5 Å². The maximum Gasteiger partial charge on any atom is 0.490 e. The number of phosphoric acid groups is 4. The van der Waals surface area contributed by atoms with Gasteiger partial charge in [0.1, 0.15) is 60.3 Å². The second-order valence-electron chi connectivity index (χ2n) is 11.3. The third kappa shape index (κ3) is 9.85. The normalized spacial score (nSPS) is 30.8. The van der Waals surface area contributed by atoms with Crippen LogP contribution in [0.2, 0.25) is 0 Å². The number of phosphoric ester groups is 1. The first-order valence-electron chi connectivity index (χ1n) is 14.9. The van der Waals surface area contributed by atoms with Gasteiger partial charge in [-0.3, -0.25) is 13.7 Å². The quantitative estimate of drug-likeness (QED) is 0.0397. The van der Waals surface area contributed by atoms with Crippen LogP contribution >= 0.6 is 38.8 Å². The number of nitrogen functional groups attached to an aromatic ring is 2. The average Bonchev–Trinajstić information content (AvgIpc) is 3.83. The molecule has 4 aromatic heterocycles. The number of imidazole rings is 2.